The molecule has 1 aliphatic carbocycles. The number of fused-ring (bicyclic) bond motifs is 5. The average Bonchev–Trinajstić information content (AvgIpc) is 2.72. The van der Waals surface area contributed by atoms with Crippen molar-refractivity contribution in [3.63, 3.8) is 0 Å². The van der Waals surface area contributed by atoms with Crippen molar-refractivity contribution in [2.24, 2.45) is 0 Å². The van der Waals surface area contributed by atoms with Crippen molar-refractivity contribution in [3.05, 3.63) is 35.4 Å². The second kappa shape index (κ2) is 8.52. The van der Waals surface area contributed by atoms with Crippen LogP contribution in [0.25, 0.3) is 11.1 Å². The number of aryl methyl sites for hydroxylation is 1. The van der Waals surface area contributed by atoms with Gasteiger partial charge in [-0.05, 0) is 48.6 Å². The van der Waals surface area contributed by atoms with Crippen LogP contribution in [0, 0.1) is 0 Å². The van der Waals surface area contributed by atoms with Crippen LogP contribution in [0.4, 0.5) is 0 Å². The van der Waals surface area contributed by atoms with Crippen molar-refractivity contribution in [2.75, 3.05) is 21.3 Å². The maximum Gasteiger partial charge on any atom is 0.204 e. The number of carbonyl (C=O) groups excluding carboxylic acids is 1. The SMILES string of the molecule is [2H]C1([2H])CCCc2cc(c(OC)c(OC)c2OC)-c2cc(ccc2O)CC([2H])(O)C1=O. The maximum atomic E-state index is 12.6. The standard InChI is InChI=1S/C22H26O6/c1-26-20-14-6-4-5-7-18(24)19(25)11-13-8-9-17(23)15(10-13)16(12-14)21(27-2)22(20)28-3/h8-10,12,19,23,25H,4-7,11H2,1-3H3/i7D2,19D. The summed E-state index contributed by atoms with van der Waals surface area (Å²) in [5.74, 6) is -0.184. The summed E-state index contributed by atoms with van der Waals surface area (Å²) in [5.41, 5.74) is 1.94. The minimum atomic E-state index is -2.65. The highest BCUT2D eigenvalue weighted by atomic mass is 16.5. The summed E-state index contributed by atoms with van der Waals surface area (Å²) in [7, 11) is 4.41. The Bertz CT molecular complexity index is 1000. The number of ether oxygens (including phenoxy) is 3. The molecule has 0 fully saturated rings. The summed E-state index contributed by atoms with van der Waals surface area (Å²) in [5, 5.41) is 21.0. The highest BCUT2D eigenvalue weighted by Crippen LogP contribution is 2.49. The third-order valence-corrected chi connectivity index (χ3v) is 4.77. The van der Waals surface area contributed by atoms with Gasteiger partial charge in [0.15, 0.2) is 17.3 Å². The normalized spacial score (nSPS) is 23.1. The number of phenolic OH excluding ortho intramolecular Hbond substituents is 1. The van der Waals surface area contributed by atoms with Crippen LogP contribution in [0.1, 0.15) is 34.5 Å². The average molecular weight is 389 g/mol. The summed E-state index contributed by atoms with van der Waals surface area (Å²) in [6.45, 7) is 0. The molecule has 6 heteroatoms. The fourth-order valence-electron chi connectivity index (χ4n) is 3.44. The molecule has 0 radical (unpaired) electrons. The molecule has 0 amide bonds. The van der Waals surface area contributed by atoms with E-state index in [-0.39, 0.29) is 18.6 Å². The Morgan fingerprint density at radius 1 is 1.04 bits per heavy atom. The van der Waals surface area contributed by atoms with E-state index in [9.17, 15) is 15.0 Å². The Morgan fingerprint density at radius 3 is 2.43 bits per heavy atom. The van der Waals surface area contributed by atoms with Gasteiger partial charge in [-0.3, -0.25) is 4.79 Å². The van der Waals surface area contributed by atoms with Gasteiger partial charge in [0, 0.05) is 26.7 Å². The van der Waals surface area contributed by atoms with E-state index in [4.69, 9.17) is 18.3 Å². The Morgan fingerprint density at radius 2 is 1.75 bits per heavy atom. The molecule has 0 aromatic heterocycles. The van der Waals surface area contributed by atoms with Gasteiger partial charge in [-0.25, -0.2) is 0 Å². The van der Waals surface area contributed by atoms with Gasteiger partial charge in [0.2, 0.25) is 5.75 Å². The van der Waals surface area contributed by atoms with Gasteiger partial charge in [-0.15, -0.1) is 0 Å². The quantitative estimate of drug-likeness (QED) is 0.838. The van der Waals surface area contributed by atoms with E-state index in [1.807, 2.05) is 0 Å². The lowest BCUT2D eigenvalue weighted by Gasteiger charge is -2.20. The Hall–Kier alpha value is -2.73. The largest absolute Gasteiger partial charge is 0.507 e. The first-order valence-corrected chi connectivity index (χ1v) is 8.97. The molecule has 0 spiro atoms. The van der Waals surface area contributed by atoms with Gasteiger partial charge in [-0.1, -0.05) is 6.07 Å². The highest BCUT2D eigenvalue weighted by Gasteiger charge is 2.24. The molecule has 0 aliphatic heterocycles. The number of methoxy groups -OCH3 is 3. The molecule has 2 aromatic rings. The Labute approximate surface area is 168 Å². The van der Waals surface area contributed by atoms with E-state index in [1.165, 1.54) is 33.5 Å². The summed E-state index contributed by atoms with van der Waals surface area (Å²) < 4.78 is 41.0. The zero-order chi connectivity index (χ0) is 23.0. The third kappa shape index (κ3) is 3.78. The van der Waals surface area contributed by atoms with Gasteiger partial charge < -0.3 is 24.4 Å². The number of ketones is 1. The molecule has 28 heavy (non-hydrogen) atoms. The molecule has 1 unspecified atom stereocenters. The zero-order valence-electron chi connectivity index (χ0n) is 19.2. The fraction of sp³-hybridized carbons (Fsp3) is 0.409. The predicted octanol–water partition coefficient (Wildman–Crippen LogP) is 3.28. The lowest BCUT2D eigenvalue weighted by Crippen LogP contribution is -2.22. The second-order valence-electron chi connectivity index (χ2n) is 6.52. The Balaban J connectivity index is 2.31. The first-order valence-electron chi connectivity index (χ1n) is 10.5. The number of Topliss-reactive ketones (excluding diaryl/α,β-unsaturated/α-hetero) is 1. The minimum Gasteiger partial charge on any atom is -0.507 e. The summed E-state index contributed by atoms with van der Waals surface area (Å²) in [6.07, 6.45) is -5.05. The van der Waals surface area contributed by atoms with Crippen LogP contribution in [-0.4, -0.2) is 43.4 Å². The molecule has 4 bridgehead atoms. The molecule has 1 aliphatic rings. The van der Waals surface area contributed by atoms with Gasteiger partial charge in [0.25, 0.3) is 0 Å². The molecule has 1 atom stereocenters. The molecule has 2 N–H and O–H groups in total. The molecule has 2 aromatic carbocycles. The molecular formula is C22H26O6. The van der Waals surface area contributed by atoms with Crippen LogP contribution in [0.5, 0.6) is 23.0 Å². The van der Waals surface area contributed by atoms with E-state index < -0.39 is 24.7 Å². The number of phenols is 1. The summed E-state index contributed by atoms with van der Waals surface area (Å²) >= 11 is 0. The van der Waals surface area contributed by atoms with Crippen molar-refractivity contribution < 1.29 is 33.3 Å². The van der Waals surface area contributed by atoms with Crippen molar-refractivity contribution in [1.82, 2.24) is 0 Å². The van der Waals surface area contributed by atoms with Gasteiger partial charge >= 0.3 is 0 Å². The summed E-state index contributed by atoms with van der Waals surface area (Å²) in [4.78, 5) is 12.6. The molecule has 0 heterocycles. The third-order valence-electron chi connectivity index (χ3n) is 4.77. The first kappa shape index (κ1) is 16.2. The van der Waals surface area contributed by atoms with Crippen LogP contribution < -0.4 is 14.2 Å². The van der Waals surface area contributed by atoms with E-state index in [0.717, 1.165) is 0 Å². The molecule has 0 saturated heterocycles. The summed E-state index contributed by atoms with van der Waals surface area (Å²) in [6, 6.07) is 6.20. The van der Waals surface area contributed by atoms with Crippen LogP contribution >= 0.6 is 0 Å². The van der Waals surface area contributed by atoms with E-state index in [0.29, 0.717) is 45.9 Å². The van der Waals surface area contributed by atoms with Crippen molar-refractivity contribution >= 4 is 5.78 Å². The monoisotopic (exact) mass is 389 g/mol. The number of carbonyl (C=O) groups is 1. The number of benzene rings is 2. The number of aliphatic hydroxyl groups is 1. The lowest BCUT2D eigenvalue weighted by atomic mass is 9.95. The smallest absolute Gasteiger partial charge is 0.204 e. The first-order chi connectivity index (χ1) is 14.6. The molecule has 3 rings (SSSR count). The van der Waals surface area contributed by atoms with Gasteiger partial charge in [-0.2, -0.15) is 0 Å². The van der Waals surface area contributed by atoms with E-state index >= 15 is 0 Å². The number of hydrogen-bond acceptors (Lipinski definition) is 6. The van der Waals surface area contributed by atoms with Gasteiger partial charge in [0.05, 0.1) is 22.7 Å². The highest BCUT2D eigenvalue weighted by molar-refractivity contribution is 5.84. The van der Waals surface area contributed by atoms with E-state index in [2.05, 4.69) is 0 Å². The van der Waals surface area contributed by atoms with Crippen molar-refractivity contribution in [2.45, 2.75) is 38.1 Å². The van der Waals surface area contributed by atoms with Gasteiger partial charge in [0.1, 0.15) is 11.8 Å². The lowest BCUT2D eigenvalue weighted by molar-refractivity contribution is -0.127. The second-order valence-corrected chi connectivity index (χ2v) is 6.52. The predicted molar refractivity (Wildman–Crippen MR) is 105 cm³/mol. The molecule has 150 valence electrons. The fourth-order valence-corrected chi connectivity index (χ4v) is 3.44. The van der Waals surface area contributed by atoms with Crippen LogP contribution in [0.3, 0.4) is 0 Å². The van der Waals surface area contributed by atoms with Crippen LogP contribution in [-0.2, 0) is 17.6 Å². The number of hydrogen-bond donors (Lipinski definition) is 2. The van der Waals surface area contributed by atoms with E-state index in [1.54, 1.807) is 12.1 Å². The molecular weight excluding hydrogens is 360 g/mol. The molecule has 0 saturated carbocycles. The van der Waals surface area contributed by atoms with Crippen molar-refractivity contribution in [1.29, 1.82) is 0 Å². The number of rotatable bonds is 3. The maximum absolute atomic E-state index is 12.6. The van der Waals surface area contributed by atoms with Crippen LogP contribution in [0.2, 0.25) is 0 Å². The zero-order valence-corrected chi connectivity index (χ0v) is 16.2. The Kier molecular flexibility index (Phi) is 4.94. The number of aromatic hydroxyl groups is 1. The topological polar surface area (TPSA) is 85.2 Å². The van der Waals surface area contributed by atoms with Crippen molar-refractivity contribution in [3.8, 4) is 34.1 Å². The molecule has 6 nitrogen and oxygen atoms in total. The van der Waals surface area contributed by atoms with Crippen LogP contribution in [0.15, 0.2) is 24.3 Å². The minimum absolute atomic E-state index is 0.0646.